The molecule has 1 unspecified atom stereocenters. The molecule has 0 fully saturated rings. The summed E-state index contributed by atoms with van der Waals surface area (Å²) >= 11 is 0. The summed E-state index contributed by atoms with van der Waals surface area (Å²) in [6, 6.07) is 7.57. The predicted octanol–water partition coefficient (Wildman–Crippen LogP) is 2.35. The molecule has 0 aliphatic carbocycles. The minimum atomic E-state index is -0.725. The first-order valence-corrected chi connectivity index (χ1v) is 10.8. The summed E-state index contributed by atoms with van der Waals surface area (Å²) in [6.45, 7) is 8.29. The molecule has 176 valence electrons. The van der Waals surface area contributed by atoms with E-state index in [-0.39, 0.29) is 43.1 Å². The zero-order valence-corrected chi connectivity index (χ0v) is 19.5. The molecule has 9 nitrogen and oxygen atoms in total. The quantitative estimate of drug-likeness (QED) is 0.547. The van der Waals surface area contributed by atoms with Crippen LogP contribution in [0.1, 0.15) is 45.6 Å². The van der Waals surface area contributed by atoms with Crippen molar-refractivity contribution in [3.63, 3.8) is 0 Å². The lowest BCUT2D eigenvalue weighted by molar-refractivity contribution is -0.120. The Labute approximate surface area is 188 Å². The van der Waals surface area contributed by atoms with Crippen LogP contribution < -0.4 is 26.6 Å². The maximum atomic E-state index is 13.1. The van der Waals surface area contributed by atoms with Crippen LogP contribution in [0.3, 0.4) is 0 Å². The molecule has 0 saturated heterocycles. The lowest BCUT2D eigenvalue weighted by Gasteiger charge is -2.25. The molecule has 1 heterocycles. The second-order valence-corrected chi connectivity index (χ2v) is 8.17. The van der Waals surface area contributed by atoms with Gasteiger partial charge in [0, 0.05) is 20.2 Å². The molecule has 32 heavy (non-hydrogen) atoms. The number of nitrogen functional groups attached to an aromatic ring is 1. The Kier molecular flexibility index (Phi) is 9.07. The highest BCUT2D eigenvalue weighted by molar-refractivity contribution is 5.96. The van der Waals surface area contributed by atoms with Gasteiger partial charge in [0.2, 0.25) is 0 Å². The van der Waals surface area contributed by atoms with Gasteiger partial charge in [0.25, 0.3) is 11.5 Å². The highest BCUT2D eigenvalue weighted by Gasteiger charge is 2.25. The highest BCUT2D eigenvalue weighted by Crippen LogP contribution is 2.28. The molecular formula is C23H34N4O5. The van der Waals surface area contributed by atoms with E-state index >= 15 is 0 Å². The predicted molar refractivity (Wildman–Crippen MR) is 125 cm³/mol. The number of ether oxygens (including phenoxy) is 2. The Balaban J connectivity index is 2.38. The third-order valence-corrected chi connectivity index (χ3v) is 5.27. The van der Waals surface area contributed by atoms with Gasteiger partial charge in [-0.1, -0.05) is 45.9 Å². The first kappa shape index (κ1) is 25.2. The van der Waals surface area contributed by atoms with E-state index in [1.54, 1.807) is 0 Å². The highest BCUT2D eigenvalue weighted by atomic mass is 16.5. The number of aromatic nitrogens is 2. The molecule has 0 saturated carbocycles. The number of anilines is 2. The number of hydrogen-bond donors (Lipinski definition) is 2. The van der Waals surface area contributed by atoms with Gasteiger partial charge < -0.3 is 15.2 Å². The fourth-order valence-corrected chi connectivity index (χ4v) is 3.38. The van der Waals surface area contributed by atoms with Crippen molar-refractivity contribution in [1.29, 1.82) is 0 Å². The van der Waals surface area contributed by atoms with Gasteiger partial charge in [0.15, 0.2) is 12.3 Å². The summed E-state index contributed by atoms with van der Waals surface area (Å²) < 4.78 is 12.2. The minimum absolute atomic E-state index is 0.0584. The molecule has 2 rings (SSSR count). The minimum Gasteiger partial charge on any atom is -0.483 e. The number of nitrogens with one attached hydrogen (secondary N) is 1. The van der Waals surface area contributed by atoms with E-state index in [1.807, 2.05) is 38.1 Å². The van der Waals surface area contributed by atoms with Crippen molar-refractivity contribution in [3.05, 3.63) is 50.7 Å². The number of carbonyl (C=O) groups excluding carboxylic acids is 1. The van der Waals surface area contributed by atoms with E-state index in [0.717, 1.165) is 12.0 Å². The Bertz CT molecular complexity index is 1030. The van der Waals surface area contributed by atoms with Gasteiger partial charge >= 0.3 is 5.69 Å². The zero-order valence-electron chi connectivity index (χ0n) is 19.5. The van der Waals surface area contributed by atoms with Gasteiger partial charge in [-0.25, -0.2) is 4.79 Å². The number of methoxy groups -OCH3 is 1. The second-order valence-electron chi connectivity index (χ2n) is 8.17. The van der Waals surface area contributed by atoms with Crippen molar-refractivity contribution >= 4 is 17.4 Å². The van der Waals surface area contributed by atoms with Crippen molar-refractivity contribution in [2.24, 2.45) is 5.92 Å². The summed E-state index contributed by atoms with van der Waals surface area (Å²) in [5, 5.41) is 0. The maximum Gasteiger partial charge on any atom is 0.330 e. The summed E-state index contributed by atoms with van der Waals surface area (Å²) in [6.07, 6.45) is 0.928. The van der Waals surface area contributed by atoms with Crippen molar-refractivity contribution in [2.75, 3.05) is 37.5 Å². The zero-order chi connectivity index (χ0) is 23.8. The molecule has 9 heteroatoms. The van der Waals surface area contributed by atoms with Gasteiger partial charge in [0.05, 0.1) is 6.61 Å². The standard InChI is InChI=1S/C23H34N4O5/c1-6-16(4)17-9-7-8-10-18(17)32-14-19(28)26(11-12-31-5)20-21(24)27(13-15(2)3)23(30)25-22(20)29/h7-10,15-16H,6,11-14,24H2,1-5H3,(H,25,29,30). The van der Waals surface area contributed by atoms with Crippen LogP contribution in [0.15, 0.2) is 33.9 Å². The number of H-pyrrole nitrogens is 1. The molecule has 1 atom stereocenters. The summed E-state index contributed by atoms with van der Waals surface area (Å²) in [7, 11) is 1.49. The van der Waals surface area contributed by atoms with Crippen LogP contribution in [-0.4, -0.2) is 42.3 Å². The van der Waals surface area contributed by atoms with Crippen LogP contribution >= 0.6 is 0 Å². The molecule has 0 aliphatic rings. The van der Waals surface area contributed by atoms with Gasteiger partial charge in [-0.05, 0) is 29.9 Å². The smallest absolute Gasteiger partial charge is 0.330 e. The van der Waals surface area contributed by atoms with Crippen LogP contribution in [0.25, 0.3) is 0 Å². The number of nitrogens with zero attached hydrogens (tertiary/aromatic N) is 2. The average Bonchev–Trinajstić information content (AvgIpc) is 2.76. The number of nitrogens with two attached hydrogens (primary N) is 1. The fraction of sp³-hybridized carbons (Fsp3) is 0.522. The van der Waals surface area contributed by atoms with Gasteiger partial charge in [-0.2, -0.15) is 0 Å². The van der Waals surface area contributed by atoms with Crippen molar-refractivity contribution in [3.8, 4) is 5.75 Å². The third-order valence-electron chi connectivity index (χ3n) is 5.27. The average molecular weight is 447 g/mol. The van der Waals surface area contributed by atoms with E-state index in [2.05, 4.69) is 18.8 Å². The first-order valence-electron chi connectivity index (χ1n) is 10.8. The fourth-order valence-electron chi connectivity index (χ4n) is 3.38. The molecule has 0 bridgehead atoms. The number of benzene rings is 1. The lowest BCUT2D eigenvalue weighted by Crippen LogP contribution is -2.44. The molecular weight excluding hydrogens is 412 g/mol. The van der Waals surface area contributed by atoms with E-state index < -0.39 is 17.2 Å². The summed E-state index contributed by atoms with van der Waals surface area (Å²) in [5.41, 5.74) is 5.80. The van der Waals surface area contributed by atoms with Gasteiger partial charge in [0.1, 0.15) is 11.6 Å². The third kappa shape index (κ3) is 6.00. The Morgan fingerprint density at radius 1 is 1.22 bits per heavy atom. The number of rotatable bonds is 11. The molecule has 0 aliphatic heterocycles. The molecule has 2 aromatic rings. The number of aromatic amines is 1. The summed E-state index contributed by atoms with van der Waals surface area (Å²) in [5.74, 6) is 0.472. The van der Waals surface area contributed by atoms with Crippen LogP contribution in [-0.2, 0) is 16.1 Å². The SMILES string of the molecule is CCC(C)c1ccccc1OCC(=O)N(CCOC)c1c(N)n(CC(C)C)c(=O)[nH]c1=O. The van der Waals surface area contributed by atoms with E-state index in [0.29, 0.717) is 12.3 Å². The molecule has 1 aromatic heterocycles. The van der Waals surface area contributed by atoms with Crippen molar-refractivity contribution in [2.45, 2.75) is 46.6 Å². The van der Waals surface area contributed by atoms with Gasteiger partial charge in [-0.15, -0.1) is 0 Å². The van der Waals surface area contributed by atoms with Crippen LogP contribution in [0.5, 0.6) is 5.75 Å². The normalized spacial score (nSPS) is 12.1. The first-order chi connectivity index (χ1) is 15.2. The number of para-hydroxylation sites is 1. The maximum absolute atomic E-state index is 13.1. The van der Waals surface area contributed by atoms with Crippen molar-refractivity contribution in [1.82, 2.24) is 9.55 Å². The largest absolute Gasteiger partial charge is 0.483 e. The molecule has 1 aromatic carbocycles. The molecule has 3 N–H and O–H groups in total. The van der Waals surface area contributed by atoms with Crippen LogP contribution in [0, 0.1) is 5.92 Å². The summed E-state index contributed by atoms with van der Waals surface area (Å²) in [4.78, 5) is 41.5. The number of hydrogen-bond acceptors (Lipinski definition) is 6. The van der Waals surface area contributed by atoms with Gasteiger partial charge in [-0.3, -0.25) is 24.0 Å². The van der Waals surface area contributed by atoms with Crippen LogP contribution in [0.2, 0.25) is 0 Å². The molecule has 1 amide bonds. The van der Waals surface area contributed by atoms with E-state index in [9.17, 15) is 14.4 Å². The monoisotopic (exact) mass is 446 g/mol. The number of carbonyl (C=O) groups is 1. The number of amides is 1. The van der Waals surface area contributed by atoms with E-state index in [4.69, 9.17) is 15.2 Å². The molecule has 0 spiro atoms. The Hall–Kier alpha value is -3.07. The topological polar surface area (TPSA) is 120 Å². The van der Waals surface area contributed by atoms with E-state index in [1.165, 1.54) is 16.6 Å². The van der Waals surface area contributed by atoms with Crippen molar-refractivity contribution < 1.29 is 14.3 Å². The Morgan fingerprint density at radius 3 is 2.53 bits per heavy atom. The van der Waals surface area contributed by atoms with Crippen LogP contribution in [0.4, 0.5) is 11.5 Å². The molecule has 0 radical (unpaired) electrons. The Morgan fingerprint density at radius 2 is 1.91 bits per heavy atom. The second kappa shape index (κ2) is 11.5. The lowest BCUT2D eigenvalue weighted by atomic mass is 9.98.